The van der Waals surface area contributed by atoms with E-state index in [1.165, 1.54) is 5.22 Å². The van der Waals surface area contributed by atoms with Crippen LogP contribution in [0.1, 0.15) is 0 Å². The maximum Gasteiger partial charge on any atom is -0.0127 e. The Morgan fingerprint density at radius 2 is 2.10 bits per heavy atom. The van der Waals surface area contributed by atoms with E-state index in [0.717, 1.165) is 5.22 Å². The van der Waals surface area contributed by atoms with Crippen LogP contribution in [0.4, 0.5) is 0 Å². The molecular weight excluding hydrogens is 140 g/mol. The van der Waals surface area contributed by atoms with Gasteiger partial charge in [-0.25, -0.2) is 0 Å². The van der Waals surface area contributed by atoms with Gasteiger partial charge in [-0.2, -0.15) is 0 Å². The van der Waals surface area contributed by atoms with Crippen molar-refractivity contribution in [2.75, 3.05) is 6.26 Å². The van der Waals surface area contributed by atoms with E-state index in [1.807, 2.05) is 24.5 Å². The highest BCUT2D eigenvalue weighted by molar-refractivity contribution is 8.05. The quantitative estimate of drug-likeness (QED) is 0.579. The van der Waals surface area contributed by atoms with E-state index in [1.54, 1.807) is 11.8 Å². The predicted octanol–water partition coefficient (Wildman–Crippen LogP) is 1.20. The predicted molar refractivity (Wildman–Crippen MR) is 49.2 cm³/mol. The van der Waals surface area contributed by atoms with Crippen molar-refractivity contribution in [1.82, 2.24) is 0 Å². The molecule has 0 spiro atoms. The highest BCUT2D eigenvalue weighted by atomic mass is 32.2. The zero-order valence-corrected chi connectivity index (χ0v) is 6.82. The molecule has 52 valence electrons. The van der Waals surface area contributed by atoms with Crippen LogP contribution in [-0.2, 0) is 0 Å². The second-order valence-corrected chi connectivity index (χ2v) is 2.76. The van der Waals surface area contributed by atoms with Crippen LogP contribution in [0, 0.1) is 0 Å². The topological polar surface area (TPSA) is 0 Å². The highest BCUT2D eigenvalue weighted by Gasteiger charge is 1.77. The number of thioether (sulfide) groups is 1. The lowest BCUT2D eigenvalue weighted by atomic mass is 10.3. The van der Waals surface area contributed by atoms with Crippen LogP contribution in [0.5, 0.6) is 0 Å². The first-order valence-electron chi connectivity index (χ1n) is 3.11. The fourth-order valence-corrected chi connectivity index (χ4v) is 1.26. The SMILES string of the molecule is C=c1cccc/c1=C/SC. The summed E-state index contributed by atoms with van der Waals surface area (Å²) in [5.41, 5.74) is 0. The van der Waals surface area contributed by atoms with Crippen LogP contribution in [0.25, 0.3) is 12.0 Å². The standard InChI is InChI=1S/C9H10S/c1-8-5-3-4-6-9(8)7-10-2/h3-7H,1H2,2H3/b9-7-. The molecule has 1 heteroatoms. The van der Waals surface area contributed by atoms with Crippen molar-refractivity contribution in [1.29, 1.82) is 0 Å². The highest BCUT2D eigenvalue weighted by Crippen LogP contribution is 1.89. The summed E-state index contributed by atoms with van der Waals surface area (Å²) in [6, 6.07) is 8.11. The molecule has 0 aliphatic heterocycles. The summed E-state index contributed by atoms with van der Waals surface area (Å²) in [5.74, 6) is 0. The van der Waals surface area contributed by atoms with Crippen LogP contribution in [-0.4, -0.2) is 6.26 Å². The zero-order chi connectivity index (χ0) is 7.40. The van der Waals surface area contributed by atoms with Crippen molar-refractivity contribution in [3.05, 3.63) is 34.7 Å². The first-order chi connectivity index (χ1) is 4.84. The first kappa shape index (κ1) is 7.42. The van der Waals surface area contributed by atoms with Gasteiger partial charge in [-0.3, -0.25) is 0 Å². The average Bonchev–Trinajstić information content (AvgIpc) is 1.94. The van der Waals surface area contributed by atoms with Crippen LogP contribution in [0.3, 0.4) is 0 Å². The van der Waals surface area contributed by atoms with Gasteiger partial charge in [-0.1, -0.05) is 30.8 Å². The fraction of sp³-hybridized carbons (Fsp3) is 0.111. The van der Waals surface area contributed by atoms with E-state index >= 15 is 0 Å². The molecular formula is C9H10S. The summed E-state index contributed by atoms with van der Waals surface area (Å²) in [4.78, 5) is 0. The second kappa shape index (κ2) is 3.47. The van der Waals surface area contributed by atoms with Gasteiger partial charge in [0.25, 0.3) is 0 Å². The molecule has 0 aromatic heterocycles. The largest absolute Gasteiger partial charge is 0.137 e. The van der Waals surface area contributed by atoms with Gasteiger partial charge in [0, 0.05) is 0 Å². The van der Waals surface area contributed by atoms with Crippen LogP contribution >= 0.6 is 11.8 Å². The minimum Gasteiger partial charge on any atom is -0.137 e. The second-order valence-electron chi connectivity index (χ2n) is 2.05. The summed E-state index contributed by atoms with van der Waals surface area (Å²) in [6.07, 6.45) is 2.05. The third-order valence-electron chi connectivity index (χ3n) is 1.30. The molecule has 0 saturated carbocycles. The molecule has 1 aromatic rings. The minimum atomic E-state index is 1.09. The Balaban J connectivity index is 3.29. The molecule has 1 rings (SSSR count). The van der Waals surface area contributed by atoms with E-state index in [9.17, 15) is 0 Å². The number of hydrogen-bond donors (Lipinski definition) is 0. The first-order valence-corrected chi connectivity index (χ1v) is 4.40. The van der Waals surface area contributed by atoms with E-state index in [4.69, 9.17) is 0 Å². The minimum absolute atomic E-state index is 1.09. The molecule has 0 N–H and O–H groups in total. The zero-order valence-electron chi connectivity index (χ0n) is 6.00. The van der Waals surface area contributed by atoms with Crippen molar-refractivity contribution in [3.63, 3.8) is 0 Å². The Bertz CT molecular complexity index is 301. The van der Waals surface area contributed by atoms with Crippen molar-refractivity contribution in [2.45, 2.75) is 0 Å². The maximum absolute atomic E-state index is 3.89. The number of rotatable bonds is 1. The number of benzene rings is 1. The molecule has 0 saturated heterocycles. The van der Waals surface area contributed by atoms with Crippen LogP contribution in [0.15, 0.2) is 24.3 Å². The van der Waals surface area contributed by atoms with Crippen LogP contribution in [0.2, 0.25) is 0 Å². The van der Waals surface area contributed by atoms with Crippen molar-refractivity contribution < 1.29 is 0 Å². The van der Waals surface area contributed by atoms with Crippen molar-refractivity contribution in [2.24, 2.45) is 0 Å². The molecule has 0 aliphatic carbocycles. The monoisotopic (exact) mass is 150 g/mol. The molecule has 1 aromatic carbocycles. The maximum atomic E-state index is 3.89. The molecule has 0 heterocycles. The van der Waals surface area contributed by atoms with E-state index in [2.05, 4.69) is 18.1 Å². The summed E-state index contributed by atoms with van der Waals surface area (Å²) in [7, 11) is 0. The Morgan fingerprint density at radius 1 is 1.40 bits per heavy atom. The lowest BCUT2D eigenvalue weighted by Gasteiger charge is -1.85. The van der Waals surface area contributed by atoms with Crippen molar-refractivity contribution in [3.8, 4) is 0 Å². The molecule has 0 aliphatic rings. The third kappa shape index (κ3) is 1.64. The summed E-state index contributed by atoms with van der Waals surface area (Å²) >= 11 is 1.70. The molecule has 0 atom stereocenters. The summed E-state index contributed by atoms with van der Waals surface area (Å²) in [6.45, 7) is 3.89. The van der Waals surface area contributed by atoms with E-state index < -0.39 is 0 Å². The Kier molecular flexibility index (Phi) is 2.57. The fourth-order valence-electron chi connectivity index (χ4n) is 0.776. The van der Waals surface area contributed by atoms with Gasteiger partial charge in [0.2, 0.25) is 0 Å². The van der Waals surface area contributed by atoms with Gasteiger partial charge in [-0.05, 0) is 22.1 Å². The molecule has 0 fully saturated rings. The van der Waals surface area contributed by atoms with Gasteiger partial charge < -0.3 is 0 Å². The molecule has 0 unspecified atom stereocenters. The van der Waals surface area contributed by atoms with E-state index in [-0.39, 0.29) is 0 Å². The van der Waals surface area contributed by atoms with Gasteiger partial charge in [-0.15, -0.1) is 11.8 Å². The molecule has 0 radical (unpaired) electrons. The van der Waals surface area contributed by atoms with Gasteiger partial charge in [0.05, 0.1) is 0 Å². The Morgan fingerprint density at radius 3 is 2.70 bits per heavy atom. The molecule has 0 bridgehead atoms. The number of hydrogen-bond acceptors (Lipinski definition) is 1. The summed E-state index contributed by atoms with van der Waals surface area (Å²) < 4.78 is 0. The Labute approximate surface area is 65.3 Å². The van der Waals surface area contributed by atoms with Crippen LogP contribution < -0.4 is 10.4 Å². The summed E-state index contributed by atoms with van der Waals surface area (Å²) in [5, 5.41) is 4.41. The lowest BCUT2D eigenvalue weighted by Crippen LogP contribution is -2.20. The average molecular weight is 150 g/mol. The molecule has 0 nitrogen and oxygen atoms in total. The Hall–Kier alpha value is -0.690. The van der Waals surface area contributed by atoms with Gasteiger partial charge in [0.15, 0.2) is 0 Å². The van der Waals surface area contributed by atoms with Gasteiger partial charge >= 0.3 is 0 Å². The normalized spacial score (nSPS) is 11.9. The molecule has 10 heavy (non-hydrogen) atoms. The van der Waals surface area contributed by atoms with E-state index in [0.29, 0.717) is 0 Å². The lowest BCUT2D eigenvalue weighted by molar-refractivity contribution is 1.54. The molecule has 0 amide bonds. The third-order valence-corrected chi connectivity index (χ3v) is 1.79. The van der Waals surface area contributed by atoms with Gasteiger partial charge in [0.1, 0.15) is 0 Å². The van der Waals surface area contributed by atoms with Crippen molar-refractivity contribution >= 4 is 23.7 Å². The smallest absolute Gasteiger partial charge is 0.0127 e.